The number of ether oxygens (including phenoxy) is 3. The first kappa shape index (κ1) is 42.9. The first-order chi connectivity index (χ1) is 27.8. The molecule has 0 aromatic carbocycles. The Morgan fingerprint density at radius 1 is 0.763 bits per heavy atom. The normalized spacial score (nSPS) is 30.7. The summed E-state index contributed by atoms with van der Waals surface area (Å²) in [5.74, 6) is -1.97. The zero-order valence-corrected chi connectivity index (χ0v) is 34.7. The molecule has 7 rings (SSSR count). The van der Waals surface area contributed by atoms with Crippen LogP contribution in [0.2, 0.25) is 0 Å². The van der Waals surface area contributed by atoms with Crippen molar-refractivity contribution in [1.29, 1.82) is 0 Å². The van der Waals surface area contributed by atoms with Crippen LogP contribution in [0.3, 0.4) is 0 Å². The summed E-state index contributed by atoms with van der Waals surface area (Å²) in [5.41, 5.74) is 11.1. The third-order valence-corrected chi connectivity index (χ3v) is 12.5. The molecule has 5 unspecified atom stereocenters. The van der Waals surface area contributed by atoms with Gasteiger partial charge < -0.3 is 30.2 Å². The van der Waals surface area contributed by atoms with Crippen LogP contribution in [-0.4, -0.2) is 102 Å². The molecule has 9 atom stereocenters. The van der Waals surface area contributed by atoms with Crippen LogP contribution in [0.15, 0.2) is 25.3 Å². The predicted octanol–water partition coefficient (Wildman–Crippen LogP) is 4.18. The Balaban J connectivity index is 1.22. The molecule has 2 aliphatic heterocycles. The van der Waals surface area contributed by atoms with E-state index in [-0.39, 0.29) is 35.6 Å². The molecular formula is C33H45FN10O13P2. The van der Waals surface area contributed by atoms with Crippen LogP contribution in [0.1, 0.15) is 66.7 Å². The van der Waals surface area contributed by atoms with Gasteiger partial charge in [-0.2, -0.15) is 0 Å². The van der Waals surface area contributed by atoms with Crippen LogP contribution >= 0.6 is 15.6 Å². The Morgan fingerprint density at radius 3 is 1.86 bits per heavy atom. The highest BCUT2D eigenvalue weighted by molar-refractivity contribution is 7.48. The number of nitrogens with zero attached hydrogens (tertiary/aromatic N) is 8. The SMILES string of the molecule is CC(C)(C)C(=O)OCOP1(=O)OC[C@H]2O[C@@H](n3cnc4c(N)ncnc43)C(F)C2OP(=O)(OCOC(=O)C(C)(C)C)OC[C@H]2C[C@@H](n3cnc4c(N)ncnc43)CC2O1. The number of carbonyl (C=O) groups excluding carboxylic acids is 2. The summed E-state index contributed by atoms with van der Waals surface area (Å²) in [4.78, 5) is 50.1. The van der Waals surface area contributed by atoms with E-state index in [1.165, 1.54) is 23.5 Å². The number of phosphoric acid groups is 2. The second kappa shape index (κ2) is 16.3. The Labute approximate surface area is 336 Å². The number of fused-ring (bicyclic) bond motifs is 4. The summed E-state index contributed by atoms with van der Waals surface area (Å²) in [6.45, 7) is 6.69. The lowest BCUT2D eigenvalue weighted by atomic mass is 9.98. The standard InChI is InChI=1S/C33H45FN10O13P2/c1-32(2,3)30(45)49-15-53-58(47)52-10-20-24(21(34)29(55-20)44-14-42-23-26(36)38-12-40-28(23)44)57-59(48,54-16-50-31(46)33(4,5)6)51-9-17-7-18(8-19(17)56-58)43-13-41-22-25(35)37-11-39-27(22)43/h11-14,17-21,24,29H,7-10,15-16H2,1-6H3,(H2,35,37,39)(H2,36,38,40)/t17-,18-,19?,20-,21?,24?,29-,58?,59?/m1/s1. The van der Waals surface area contributed by atoms with E-state index in [1.807, 2.05) is 0 Å². The average Bonchev–Trinajstić information content (AvgIpc) is 3.95. The molecule has 0 amide bonds. The van der Waals surface area contributed by atoms with Crippen LogP contribution in [0, 0.1) is 16.7 Å². The summed E-state index contributed by atoms with van der Waals surface area (Å²) in [5, 5.41) is 0. The largest absolute Gasteiger partial charge is 0.478 e. The Bertz CT molecular complexity index is 2300. The van der Waals surface area contributed by atoms with Gasteiger partial charge in [0.1, 0.15) is 35.9 Å². The molecule has 26 heteroatoms. The van der Waals surface area contributed by atoms with Gasteiger partial charge in [-0.3, -0.25) is 32.3 Å². The topological polar surface area (TPSA) is 291 Å². The molecule has 1 aliphatic carbocycles. The molecule has 6 heterocycles. The quantitative estimate of drug-likeness (QED) is 0.143. The van der Waals surface area contributed by atoms with Gasteiger partial charge in [-0.15, -0.1) is 0 Å². The van der Waals surface area contributed by atoms with Gasteiger partial charge in [-0.1, -0.05) is 0 Å². The molecule has 0 radical (unpaired) electrons. The van der Waals surface area contributed by atoms with Gasteiger partial charge in [0, 0.05) is 12.0 Å². The number of phosphoric ester groups is 2. The lowest BCUT2D eigenvalue weighted by Gasteiger charge is -2.30. The highest BCUT2D eigenvalue weighted by atomic mass is 31.2. The number of anilines is 2. The second-order valence-electron chi connectivity index (χ2n) is 16.1. The summed E-state index contributed by atoms with van der Waals surface area (Å²) in [6.07, 6.45) is -2.67. The molecule has 0 bridgehead atoms. The zero-order valence-electron chi connectivity index (χ0n) is 32.9. The molecule has 59 heavy (non-hydrogen) atoms. The van der Waals surface area contributed by atoms with Gasteiger partial charge in [0.05, 0.1) is 42.8 Å². The number of rotatable bonds is 8. The fraction of sp³-hybridized carbons (Fsp3) is 0.636. The van der Waals surface area contributed by atoms with Crippen molar-refractivity contribution in [3.05, 3.63) is 25.3 Å². The van der Waals surface area contributed by atoms with Gasteiger partial charge in [0.2, 0.25) is 13.6 Å². The number of hydrogen-bond acceptors (Lipinski definition) is 21. The molecule has 322 valence electrons. The minimum absolute atomic E-state index is 0.0122. The van der Waals surface area contributed by atoms with Crippen LogP contribution in [0.25, 0.3) is 22.3 Å². The maximum absolute atomic E-state index is 16.8. The first-order valence-corrected chi connectivity index (χ1v) is 21.3. The number of imidazole rings is 2. The van der Waals surface area contributed by atoms with Crippen molar-refractivity contribution in [2.24, 2.45) is 16.7 Å². The minimum Gasteiger partial charge on any atom is -0.437 e. The van der Waals surface area contributed by atoms with E-state index in [9.17, 15) is 18.7 Å². The third kappa shape index (κ3) is 9.10. The maximum Gasteiger partial charge on any atom is 0.478 e. The van der Waals surface area contributed by atoms with Crippen LogP contribution in [-0.2, 0) is 60.1 Å². The lowest BCUT2D eigenvalue weighted by Crippen LogP contribution is -2.35. The molecule has 4 aromatic rings. The molecular weight excluding hydrogens is 825 g/mol. The second-order valence-corrected chi connectivity index (χ2v) is 19.4. The lowest BCUT2D eigenvalue weighted by molar-refractivity contribution is -0.161. The number of esters is 2. The average molecular weight is 871 g/mol. The highest BCUT2D eigenvalue weighted by Gasteiger charge is 2.54. The molecule has 23 nitrogen and oxygen atoms in total. The minimum atomic E-state index is -4.88. The van der Waals surface area contributed by atoms with Crippen LogP contribution < -0.4 is 11.5 Å². The Morgan fingerprint density at radius 2 is 1.29 bits per heavy atom. The summed E-state index contributed by atoms with van der Waals surface area (Å²) in [6, 6.07) is -0.458. The van der Waals surface area contributed by atoms with E-state index in [2.05, 4.69) is 29.9 Å². The van der Waals surface area contributed by atoms with Crippen molar-refractivity contribution in [3.8, 4) is 0 Å². The van der Waals surface area contributed by atoms with E-state index in [0.717, 1.165) is 6.33 Å². The Kier molecular flexibility index (Phi) is 11.9. The van der Waals surface area contributed by atoms with E-state index >= 15 is 4.39 Å². The molecule has 0 spiro atoms. The van der Waals surface area contributed by atoms with Gasteiger partial charge in [-0.25, -0.2) is 52.5 Å². The number of nitrogens with two attached hydrogens (primary N) is 2. The fourth-order valence-electron chi connectivity index (χ4n) is 6.55. The number of halogens is 1. The zero-order chi connectivity index (χ0) is 42.5. The van der Waals surface area contributed by atoms with Gasteiger partial charge >= 0.3 is 27.6 Å². The molecule has 3 aliphatic rings. The van der Waals surface area contributed by atoms with E-state index in [0.29, 0.717) is 11.2 Å². The van der Waals surface area contributed by atoms with E-state index in [1.54, 1.807) is 46.1 Å². The van der Waals surface area contributed by atoms with Gasteiger partial charge in [-0.05, 0) is 54.4 Å². The van der Waals surface area contributed by atoms with Crippen molar-refractivity contribution >= 4 is 61.5 Å². The van der Waals surface area contributed by atoms with Crippen molar-refractivity contribution in [1.82, 2.24) is 39.0 Å². The highest BCUT2D eigenvalue weighted by Crippen LogP contribution is 2.59. The molecule has 1 saturated carbocycles. The number of alkyl halides is 1. The van der Waals surface area contributed by atoms with Crippen molar-refractivity contribution in [3.63, 3.8) is 0 Å². The van der Waals surface area contributed by atoms with Crippen molar-refractivity contribution < 1.29 is 64.5 Å². The van der Waals surface area contributed by atoms with Gasteiger partial charge in [0.15, 0.2) is 35.3 Å². The van der Waals surface area contributed by atoms with Crippen molar-refractivity contribution in [2.45, 2.75) is 91.1 Å². The number of carbonyl (C=O) groups is 2. The third-order valence-electron chi connectivity index (χ3n) is 9.70. The first-order valence-electron chi connectivity index (χ1n) is 18.4. The van der Waals surface area contributed by atoms with Crippen LogP contribution in [0.5, 0.6) is 0 Å². The fourth-order valence-corrected chi connectivity index (χ4v) is 9.15. The van der Waals surface area contributed by atoms with E-state index in [4.69, 9.17) is 52.8 Å². The van der Waals surface area contributed by atoms with Crippen LogP contribution in [0.4, 0.5) is 16.0 Å². The molecule has 4 aromatic heterocycles. The molecule has 4 N–H and O–H groups in total. The monoisotopic (exact) mass is 870 g/mol. The maximum atomic E-state index is 16.8. The van der Waals surface area contributed by atoms with Crippen molar-refractivity contribution in [2.75, 3.05) is 38.3 Å². The molecule has 3 fully saturated rings. The predicted molar refractivity (Wildman–Crippen MR) is 200 cm³/mol. The number of aromatic nitrogens is 8. The smallest absolute Gasteiger partial charge is 0.437 e. The van der Waals surface area contributed by atoms with E-state index < -0.39 is 108 Å². The molecule has 2 saturated heterocycles. The Hall–Kier alpha value is -4.25. The summed E-state index contributed by atoms with van der Waals surface area (Å²) >= 11 is 0. The summed E-state index contributed by atoms with van der Waals surface area (Å²) < 4.78 is 100. The number of nitrogen functional groups attached to an aromatic ring is 2. The summed E-state index contributed by atoms with van der Waals surface area (Å²) in [7, 11) is -9.63. The van der Waals surface area contributed by atoms with Gasteiger partial charge in [0.25, 0.3) is 0 Å². The number of hydrogen-bond donors (Lipinski definition) is 2.